The number of hydrogen-bond acceptors (Lipinski definition) is 4. The molecule has 1 saturated heterocycles. The number of nitriles is 1. The van der Waals surface area contributed by atoms with Crippen LogP contribution in [0.4, 0.5) is 4.79 Å². The number of nitrogens with one attached hydrogen (secondary N) is 1. The van der Waals surface area contributed by atoms with E-state index in [9.17, 15) is 9.59 Å². The summed E-state index contributed by atoms with van der Waals surface area (Å²) >= 11 is -1.41. The minimum absolute atomic E-state index is 0.243. The van der Waals surface area contributed by atoms with Crippen molar-refractivity contribution in [1.82, 2.24) is 5.32 Å². The number of rotatable bonds is 2. The van der Waals surface area contributed by atoms with Gasteiger partial charge in [-0.1, -0.05) is 0 Å². The molecule has 6 heteroatoms. The van der Waals surface area contributed by atoms with Gasteiger partial charge in [0.15, 0.2) is 0 Å². The van der Waals surface area contributed by atoms with E-state index in [1.807, 2.05) is 24.3 Å². The van der Waals surface area contributed by atoms with Crippen molar-refractivity contribution < 1.29 is 9.59 Å². The SMILES string of the molecule is N#Cc1cccc(C[C]2=C3/[C](=C4/SC(=O)NC4=O)[In]2[c]2ccccc23)c1. The van der Waals surface area contributed by atoms with Crippen LogP contribution < -0.4 is 8.64 Å². The number of carbonyl (C=O) groups is 2. The first-order valence-electron chi connectivity index (χ1n) is 8.26. The molecule has 0 atom stereocenters. The molecule has 2 amide bonds. The molecule has 1 fully saturated rings. The zero-order chi connectivity index (χ0) is 17.8. The van der Waals surface area contributed by atoms with Crippen LogP contribution in [0.1, 0.15) is 16.7 Å². The second-order valence-corrected chi connectivity index (χ2v) is 15.4. The molecule has 0 spiro atoms. The summed E-state index contributed by atoms with van der Waals surface area (Å²) in [6.45, 7) is 0. The van der Waals surface area contributed by atoms with Gasteiger partial charge in [-0.25, -0.2) is 0 Å². The normalized spacial score (nSPS) is 20.0. The van der Waals surface area contributed by atoms with Crippen LogP contribution in [0, 0.1) is 11.3 Å². The molecule has 0 aromatic heterocycles. The van der Waals surface area contributed by atoms with E-state index in [0.29, 0.717) is 10.5 Å². The van der Waals surface area contributed by atoms with Gasteiger partial charge in [0.25, 0.3) is 0 Å². The third-order valence-corrected chi connectivity index (χ3v) is 16.5. The van der Waals surface area contributed by atoms with Gasteiger partial charge in [0.1, 0.15) is 0 Å². The third-order valence-electron chi connectivity index (χ3n) is 5.08. The van der Waals surface area contributed by atoms with E-state index in [1.54, 1.807) is 0 Å². The standard InChI is InChI=1S/C20H11N2O2S.In/c21-13-15-6-4-5-14(11-15)9-10-17(16-7-2-1-3-8-16)12-18-19(23)22-20(24)25-18;/h1-7,11H,9H2,(H,22,23,24);. The Morgan fingerprint density at radius 1 is 1.12 bits per heavy atom. The fourth-order valence-electron chi connectivity index (χ4n) is 4.09. The molecular weight excluding hydrogens is 447 g/mol. The molecule has 2 aromatic rings. The Balaban J connectivity index is 1.62. The van der Waals surface area contributed by atoms with Crippen molar-refractivity contribution in [3.05, 3.63) is 76.8 Å². The maximum absolute atomic E-state index is 12.2. The zero-order valence-corrected chi connectivity index (χ0v) is 17.7. The molecule has 2 aromatic carbocycles. The Morgan fingerprint density at radius 3 is 2.69 bits per heavy atom. The first-order chi connectivity index (χ1) is 12.7. The van der Waals surface area contributed by atoms with Crippen LogP contribution in [0.3, 0.4) is 0 Å². The molecule has 1 N–H and O–H groups in total. The molecule has 0 radical (unpaired) electrons. The van der Waals surface area contributed by atoms with E-state index in [2.05, 4.69) is 35.7 Å². The molecule has 0 unspecified atom stereocenters. The van der Waals surface area contributed by atoms with Crippen molar-refractivity contribution in [3.8, 4) is 6.07 Å². The van der Waals surface area contributed by atoms with E-state index in [-0.39, 0.29) is 11.1 Å². The van der Waals surface area contributed by atoms with Gasteiger partial charge in [0.2, 0.25) is 0 Å². The molecule has 0 aliphatic carbocycles. The first-order valence-corrected chi connectivity index (χ1v) is 14.0. The number of allylic oxidation sites excluding steroid dienone is 3. The molecule has 4 aliphatic rings. The predicted octanol–water partition coefficient (Wildman–Crippen LogP) is 2.60. The van der Waals surface area contributed by atoms with Crippen LogP contribution in [0.5, 0.6) is 0 Å². The average Bonchev–Trinajstić information content (AvgIpc) is 3.26. The second-order valence-electron chi connectivity index (χ2n) is 6.50. The number of benzene rings is 2. The van der Waals surface area contributed by atoms with Crippen molar-refractivity contribution in [2.75, 3.05) is 0 Å². The number of thioether (sulfide) groups is 1. The maximum atomic E-state index is 12.2. The molecule has 4 aliphatic heterocycles. The fourth-order valence-corrected chi connectivity index (χ4v) is 16.7. The van der Waals surface area contributed by atoms with Gasteiger partial charge in [0.05, 0.1) is 0 Å². The van der Waals surface area contributed by atoms with Gasteiger partial charge in [0, 0.05) is 0 Å². The molecule has 6 rings (SSSR count). The first kappa shape index (κ1) is 16.0. The van der Waals surface area contributed by atoms with Gasteiger partial charge in [-0.05, 0) is 0 Å². The van der Waals surface area contributed by atoms with Gasteiger partial charge in [-0.3, -0.25) is 0 Å². The van der Waals surface area contributed by atoms with Gasteiger partial charge >= 0.3 is 163 Å². The summed E-state index contributed by atoms with van der Waals surface area (Å²) in [5.74, 6) is -0.243. The van der Waals surface area contributed by atoms with Gasteiger partial charge < -0.3 is 0 Å². The van der Waals surface area contributed by atoms with Gasteiger partial charge in [-0.2, -0.15) is 0 Å². The molecule has 4 heterocycles. The fraction of sp³-hybridized carbons (Fsp3) is 0.0500. The van der Waals surface area contributed by atoms with Crippen LogP contribution in [-0.2, 0) is 11.2 Å². The van der Waals surface area contributed by atoms with Crippen molar-refractivity contribution in [1.29, 1.82) is 5.26 Å². The topological polar surface area (TPSA) is 70.0 Å². The van der Waals surface area contributed by atoms with E-state index in [4.69, 9.17) is 5.26 Å². The summed E-state index contributed by atoms with van der Waals surface area (Å²) in [4.78, 5) is 24.5. The summed E-state index contributed by atoms with van der Waals surface area (Å²) in [5.41, 5.74) is 4.24. The van der Waals surface area contributed by atoms with E-state index >= 15 is 0 Å². The van der Waals surface area contributed by atoms with Crippen LogP contribution in [0.15, 0.2) is 60.1 Å². The summed E-state index contributed by atoms with van der Waals surface area (Å²) in [5, 5.41) is 11.2. The van der Waals surface area contributed by atoms with Crippen molar-refractivity contribution >= 4 is 53.2 Å². The molecule has 4 nitrogen and oxygen atoms in total. The van der Waals surface area contributed by atoms with Crippen LogP contribution in [0.25, 0.3) is 5.57 Å². The average molecular weight is 458 g/mol. The van der Waals surface area contributed by atoms with Crippen molar-refractivity contribution in [2.24, 2.45) is 0 Å². The Kier molecular flexibility index (Phi) is 3.63. The number of hydrogen-bond donors (Lipinski definition) is 1. The minimum atomic E-state index is -2.46. The van der Waals surface area contributed by atoms with Gasteiger partial charge in [-0.15, -0.1) is 0 Å². The van der Waals surface area contributed by atoms with E-state index in [1.165, 1.54) is 21.1 Å². The zero-order valence-electron chi connectivity index (χ0n) is 13.6. The number of carbonyl (C=O) groups excluding carboxylic acids is 2. The van der Waals surface area contributed by atoms with Crippen LogP contribution >= 0.6 is 11.8 Å². The summed E-state index contributed by atoms with van der Waals surface area (Å²) in [7, 11) is 0. The quantitative estimate of drug-likeness (QED) is 0.703. The Bertz CT molecular complexity index is 1130. The molecule has 2 bridgehead atoms. The number of imide groups is 1. The third kappa shape index (κ3) is 2.24. The molecule has 122 valence electrons. The predicted molar refractivity (Wildman–Crippen MR) is 102 cm³/mol. The summed E-state index contributed by atoms with van der Waals surface area (Å²) < 4.78 is 4.07. The Labute approximate surface area is 162 Å². The van der Waals surface area contributed by atoms with E-state index < -0.39 is 21.4 Å². The molecule has 26 heavy (non-hydrogen) atoms. The summed E-state index contributed by atoms with van der Waals surface area (Å²) in [6, 6.07) is 18.3. The number of amides is 2. The number of nitrogens with zero attached hydrogens (tertiary/aromatic N) is 1. The molecule has 0 saturated carbocycles. The van der Waals surface area contributed by atoms with Crippen LogP contribution in [-0.4, -0.2) is 32.6 Å². The second kappa shape index (κ2) is 5.90. The Hall–Kier alpha value is -2.23. The monoisotopic (exact) mass is 458 g/mol. The van der Waals surface area contributed by atoms with E-state index in [0.717, 1.165) is 23.7 Å². The van der Waals surface area contributed by atoms with Crippen LogP contribution in [0.2, 0.25) is 0 Å². The Morgan fingerprint density at radius 2 is 1.96 bits per heavy atom. The molecular formula is C20H11InN2O2S. The van der Waals surface area contributed by atoms with Crippen molar-refractivity contribution in [2.45, 2.75) is 6.42 Å². The van der Waals surface area contributed by atoms with Crippen molar-refractivity contribution in [3.63, 3.8) is 0 Å². The summed E-state index contributed by atoms with van der Waals surface area (Å²) in [6.07, 6.45) is 0.831.